The predicted octanol–water partition coefficient (Wildman–Crippen LogP) is 3.10. The molecule has 1 aromatic carbocycles. The number of hydrogen-bond donors (Lipinski definition) is 0. The highest BCUT2D eigenvalue weighted by atomic mass is 32.1. The van der Waals surface area contributed by atoms with E-state index in [1.165, 1.54) is 5.56 Å². The lowest BCUT2D eigenvalue weighted by atomic mass is 10.1. The van der Waals surface area contributed by atoms with Crippen molar-refractivity contribution in [3.8, 4) is 0 Å². The third-order valence-corrected chi connectivity index (χ3v) is 4.77. The first-order valence-electron chi connectivity index (χ1n) is 7.55. The molecule has 1 aliphatic heterocycles. The Bertz CT molecular complexity index is 610. The van der Waals surface area contributed by atoms with Gasteiger partial charge in [0.15, 0.2) is 5.78 Å². The molecule has 1 atom stereocenters. The summed E-state index contributed by atoms with van der Waals surface area (Å²) in [4.78, 5) is 18.9. The van der Waals surface area contributed by atoms with Crippen molar-refractivity contribution in [1.82, 2.24) is 9.88 Å². The van der Waals surface area contributed by atoms with E-state index < -0.39 is 0 Å². The maximum absolute atomic E-state index is 12.2. The molecule has 1 fully saturated rings. The van der Waals surface area contributed by atoms with E-state index >= 15 is 0 Å². The molecule has 1 unspecified atom stereocenters. The van der Waals surface area contributed by atoms with E-state index in [4.69, 9.17) is 4.74 Å². The van der Waals surface area contributed by atoms with Gasteiger partial charge < -0.3 is 4.74 Å². The first-order chi connectivity index (χ1) is 10.7. The van der Waals surface area contributed by atoms with Crippen LogP contribution in [0.3, 0.4) is 0 Å². The van der Waals surface area contributed by atoms with Crippen LogP contribution in [0, 0.1) is 6.92 Å². The van der Waals surface area contributed by atoms with Crippen LogP contribution in [-0.2, 0) is 4.74 Å². The zero-order valence-electron chi connectivity index (χ0n) is 12.7. The number of Topliss-reactive ketones (excluding diaryl/α,β-unsaturated/α-hetero) is 1. The summed E-state index contributed by atoms with van der Waals surface area (Å²) in [6, 6.07) is 7.80. The quantitative estimate of drug-likeness (QED) is 0.795. The zero-order chi connectivity index (χ0) is 15.4. The van der Waals surface area contributed by atoms with Gasteiger partial charge in [0.25, 0.3) is 0 Å². The number of carbonyl (C=O) groups is 1. The molecule has 2 aromatic rings. The maximum Gasteiger partial charge on any atom is 0.164 e. The average molecular weight is 316 g/mol. The second-order valence-corrected chi connectivity index (χ2v) is 6.50. The van der Waals surface area contributed by atoms with E-state index in [0.717, 1.165) is 30.2 Å². The first-order valence-corrected chi connectivity index (χ1v) is 8.43. The predicted molar refractivity (Wildman–Crippen MR) is 87.4 cm³/mol. The molecule has 2 heterocycles. The third kappa shape index (κ3) is 3.80. The highest BCUT2D eigenvalue weighted by molar-refractivity contribution is 7.09. The Labute approximate surface area is 134 Å². The number of ketones is 1. The van der Waals surface area contributed by atoms with Crippen molar-refractivity contribution in [2.24, 2.45) is 0 Å². The molecule has 0 radical (unpaired) electrons. The number of thiazole rings is 1. The van der Waals surface area contributed by atoms with Gasteiger partial charge in [-0.15, -0.1) is 11.3 Å². The molecule has 1 saturated heterocycles. The van der Waals surface area contributed by atoms with Crippen molar-refractivity contribution in [2.75, 3.05) is 26.2 Å². The van der Waals surface area contributed by atoms with Crippen LogP contribution >= 0.6 is 11.3 Å². The van der Waals surface area contributed by atoms with Gasteiger partial charge in [0, 0.05) is 43.2 Å². The summed E-state index contributed by atoms with van der Waals surface area (Å²) in [5.74, 6) is 0.206. The summed E-state index contributed by atoms with van der Waals surface area (Å²) in [7, 11) is 0. The molecule has 5 heteroatoms. The molecule has 0 amide bonds. The zero-order valence-corrected chi connectivity index (χ0v) is 13.5. The third-order valence-electron chi connectivity index (χ3n) is 3.91. The summed E-state index contributed by atoms with van der Waals surface area (Å²) in [6.07, 6.45) is 2.40. The van der Waals surface area contributed by atoms with Gasteiger partial charge in [-0.1, -0.05) is 29.8 Å². The van der Waals surface area contributed by atoms with Gasteiger partial charge in [0.05, 0.1) is 6.61 Å². The minimum Gasteiger partial charge on any atom is -0.368 e. The molecule has 22 heavy (non-hydrogen) atoms. The fraction of sp³-hybridized carbons (Fsp3) is 0.412. The Morgan fingerprint density at radius 2 is 2.23 bits per heavy atom. The van der Waals surface area contributed by atoms with Crippen molar-refractivity contribution < 1.29 is 9.53 Å². The highest BCUT2D eigenvalue weighted by Crippen LogP contribution is 2.24. The minimum absolute atomic E-state index is 0.0447. The Kier molecular flexibility index (Phi) is 4.97. The molecule has 3 rings (SSSR count). The van der Waals surface area contributed by atoms with Crippen molar-refractivity contribution in [2.45, 2.75) is 19.4 Å². The van der Waals surface area contributed by atoms with E-state index in [0.29, 0.717) is 13.0 Å². The molecule has 4 nitrogen and oxygen atoms in total. The van der Waals surface area contributed by atoms with Gasteiger partial charge in [0.1, 0.15) is 11.1 Å². The number of aryl methyl sites for hydroxylation is 1. The lowest BCUT2D eigenvalue weighted by Crippen LogP contribution is -2.39. The molecule has 0 spiro atoms. The number of ether oxygens (including phenoxy) is 1. The summed E-state index contributed by atoms with van der Waals surface area (Å²) in [5.41, 5.74) is 1.98. The molecule has 1 aromatic heterocycles. The Balaban J connectivity index is 1.52. The SMILES string of the molecule is Cc1ccc(C(=O)CCN2CCOC(c3nccs3)C2)cc1. The summed E-state index contributed by atoms with van der Waals surface area (Å²) in [6.45, 7) is 5.19. The molecular weight excluding hydrogens is 296 g/mol. The van der Waals surface area contributed by atoms with E-state index in [9.17, 15) is 4.79 Å². The van der Waals surface area contributed by atoms with Crippen molar-refractivity contribution in [3.05, 3.63) is 52.0 Å². The number of nitrogens with zero attached hydrogens (tertiary/aromatic N) is 2. The van der Waals surface area contributed by atoms with Crippen LogP contribution in [0.2, 0.25) is 0 Å². The van der Waals surface area contributed by atoms with E-state index in [1.54, 1.807) is 11.3 Å². The van der Waals surface area contributed by atoms with Crippen LogP contribution in [-0.4, -0.2) is 41.9 Å². The number of benzene rings is 1. The smallest absolute Gasteiger partial charge is 0.164 e. The number of aromatic nitrogens is 1. The molecule has 1 aliphatic rings. The molecule has 0 aliphatic carbocycles. The molecule has 0 saturated carbocycles. The molecular formula is C17H20N2O2S. The molecule has 116 valence electrons. The lowest BCUT2D eigenvalue weighted by Gasteiger charge is -2.31. The summed E-state index contributed by atoms with van der Waals surface area (Å²) < 4.78 is 5.78. The van der Waals surface area contributed by atoms with Gasteiger partial charge in [-0.25, -0.2) is 4.98 Å². The molecule has 0 bridgehead atoms. The van der Waals surface area contributed by atoms with Crippen molar-refractivity contribution in [1.29, 1.82) is 0 Å². The number of morpholine rings is 1. The normalized spacial score (nSPS) is 19.2. The highest BCUT2D eigenvalue weighted by Gasteiger charge is 2.24. The first kappa shape index (κ1) is 15.3. The van der Waals surface area contributed by atoms with Crippen LogP contribution in [0.4, 0.5) is 0 Å². The fourth-order valence-electron chi connectivity index (χ4n) is 2.59. The minimum atomic E-state index is 0.0447. The lowest BCUT2D eigenvalue weighted by molar-refractivity contribution is -0.0298. The van der Waals surface area contributed by atoms with Crippen molar-refractivity contribution >= 4 is 17.1 Å². The van der Waals surface area contributed by atoms with Crippen molar-refractivity contribution in [3.63, 3.8) is 0 Å². The fourth-order valence-corrected chi connectivity index (χ4v) is 3.27. The number of rotatable bonds is 5. The van der Waals surface area contributed by atoms with Crippen LogP contribution in [0.1, 0.15) is 33.5 Å². The van der Waals surface area contributed by atoms with Gasteiger partial charge in [-0.05, 0) is 6.92 Å². The van der Waals surface area contributed by atoms with Crippen LogP contribution in [0.5, 0.6) is 0 Å². The monoisotopic (exact) mass is 316 g/mol. The Morgan fingerprint density at radius 3 is 2.95 bits per heavy atom. The second kappa shape index (κ2) is 7.13. The van der Waals surface area contributed by atoms with E-state index in [1.807, 2.05) is 42.8 Å². The van der Waals surface area contributed by atoms with E-state index in [2.05, 4.69) is 9.88 Å². The van der Waals surface area contributed by atoms with E-state index in [-0.39, 0.29) is 11.9 Å². The van der Waals surface area contributed by atoms with Crippen LogP contribution in [0.15, 0.2) is 35.8 Å². The number of hydrogen-bond acceptors (Lipinski definition) is 5. The molecule has 0 N–H and O–H groups in total. The van der Waals surface area contributed by atoms with Gasteiger partial charge >= 0.3 is 0 Å². The Morgan fingerprint density at radius 1 is 1.41 bits per heavy atom. The van der Waals surface area contributed by atoms with Gasteiger partial charge in [-0.2, -0.15) is 0 Å². The summed E-state index contributed by atoms with van der Waals surface area (Å²) in [5, 5.41) is 2.99. The Hall–Kier alpha value is -1.56. The standard InChI is InChI=1S/C17H20N2O2S/c1-13-2-4-14(5-3-13)15(20)6-8-19-9-10-21-16(12-19)17-18-7-11-22-17/h2-5,7,11,16H,6,8-10,12H2,1H3. The van der Waals surface area contributed by atoms with Gasteiger partial charge in [-0.3, -0.25) is 9.69 Å². The van der Waals surface area contributed by atoms with Crippen LogP contribution in [0.25, 0.3) is 0 Å². The topological polar surface area (TPSA) is 42.4 Å². The largest absolute Gasteiger partial charge is 0.368 e. The average Bonchev–Trinajstić information content (AvgIpc) is 3.08. The second-order valence-electron chi connectivity index (χ2n) is 5.57. The van der Waals surface area contributed by atoms with Crippen LogP contribution < -0.4 is 0 Å². The van der Waals surface area contributed by atoms with Gasteiger partial charge in [0.2, 0.25) is 0 Å². The number of carbonyl (C=O) groups excluding carboxylic acids is 1. The summed E-state index contributed by atoms with van der Waals surface area (Å²) >= 11 is 1.62. The maximum atomic E-state index is 12.2.